The summed E-state index contributed by atoms with van der Waals surface area (Å²) in [5.41, 5.74) is 7.79. The minimum atomic E-state index is 0.0984. The van der Waals surface area contributed by atoms with Gasteiger partial charge in [0.2, 0.25) is 5.91 Å². The van der Waals surface area contributed by atoms with Gasteiger partial charge in [0.05, 0.1) is 12.5 Å². The zero-order valence-corrected chi connectivity index (χ0v) is 13.6. The first-order valence-corrected chi connectivity index (χ1v) is 7.93. The third-order valence-electron chi connectivity index (χ3n) is 3.83. The van der Waals surface area contributed by atoms with Crippen molar-refractivity contribution >= 4 is 17.2 Å². The summed E-state index contributed by atoms with van der Waals surface area (Å²) in [7, 11) is 1.87. The summed E-state index contributed by atoms with van der Waals surface area (Å²) >= 11 is 1.74. The standard InChI is InChI=1S/C17H22N2OS/c1-12-8-9-16(21-12)13(2)19(3)17(20)10-14-6-4-5-7-15(14)11-18/h4-9,13H,10-11,18H2,1-3H3. The lowest BCUT2D eigenvalue weighted by molar-refractivity contribution is -0.131. The number of carbonyl (C=O) groups is 1. The van der Waals surface area contributed by atoms with Gasteiger partial charge in [0, 0.05) is 23.3 Å². The molecule has 2 aromatic rings. The van der Waals surface area contributed by atoms with Crippen LogP contribution in [0.25, 0.3) is 0 Å². The molecule has 1 atom stereocenters. The maximum absolute atomic E-state index is 12.5. The van der Waals surface area contributed by atoms with Crippen LogP contribution in [-0.2, 0) is 17.8 Å². The Morgan fingerprint density at radius 2 is 1.90 bits per heavy atom. The fourth-order valence-electron chi connectivity index (χ4n) is 2.30. The van der Waals surface area contributed by atoms with Crippen molar-refractivity contribution < 1.29 is 4.79 Å². The van der Waals surface area contributed by atoms with E-state index in [4.69, 9.17) is 5.73 Å². The first-order valence-electron chi connectivity index (χ1n) is 7.11. The van der Waals surface area contributed by atoms with Crippen LogP contribution in [0.15, 0.2) is 36.4 Å². The van der Waals surface area contributed by atoms with E-state index in [1.807, 2.05) is 36.2 Å². The Kier molecular flexibility index (Phi) is 5.15. The number of benzene rings is 1. The van der Waals surface area contributed by atoms with Gasteiger partial charge in [-0.1, -0.05) is 24.3 Å². The van der Waals surface area contributed by atoms with Crippen LogP contribution in [0.5, 0.6) is 0 Å². The van der Waals surface area contributed by atoms with Crippen LogP contribution in [0.4, 0.5) is 0 Å². The molecule has 0 saturated carbocycles. The Bertz CT molecular complexity index is 621. The second-order valence-electron chi connectivity index (χ2n) is 5.28. The number of carbonyl (C=O) groups excluding carboxylic acids is 1. The molecular formula is C17H22N2OS. The summed E-state index contributed by atoms with van der Waals surface area (Å²) < 4.78 is 0. The van der Waals surface area contributed by atoms with E-state index in [1.54, 1.807) is 11.3 Å². The second-order valence-corrected chi connectivity index (χ2v) is 6.60. The van der Waals surface area contributed by atoms with Crippen molar-refractivity contribution in [2.45, 2.75) is 32.9 Å². The van der Waals surface area contributed by atoms with Crippen molar-refractivity contribution in [1.29, 1.82) is 0 Å². The molecule has 1 aromatic carbocycles. The van der Waals surface area contributed by atoms with Crippen LogP contribution in [0, 0.1) is 6.92 Å². The van der Waals surface area contributed by atoms with Gasteiger partial charge in [-0.2, -0.15) is 0 Å². The van der Waals surface area contributed by atoms with Crippen molar-refractivity contribution in [1.82, 2.24) is 4.90 Å². The molecule has 0 radical (unpaired) electrons. The number of rotatable bonds is 5. The molecule has 21 heavy (non-hydrogen) atoms. The van der Waals surface area contributed by atoms with Crippen LogP contribution in [0.2, 0.25) is 0 Å². The van der Waals surface area contributed by atoms with E-state index >= 15 is 0 Å². The minimum absolute atomic E-state index is 0.0984. The molecule has 1 aromatic heterocycles. The lowest BCUT2D eigenvalue weighted by Crippen LogP contribution is -2.30. The summed E-state index contributed by atoms with van der Waals surface area (Å²) in [6.07, 6.45) is 0.401. The number of nitrogens with two attached hydrogens (primary N) is 1. The fraction of sp³-hybridized carbons (Fsp3) is 0.353. The van der Waals surface area contributed by atoms with Crippen molar-refractivity contribution in [3.8, 4) is 0 Å². The quantitative estimate of drug-likeness (QED) is 0.921. The molecule has 0 spiro atoms. The third kappa shape index (κ3) is 3.71. The predicted molar refractivity (Wildman–Crippen MR) is 88.3 cm³/mol. The molecule has 0 bridgehead atoms. The minimum Gasteiger partial charge on any atom is -0.338 e. The van der Waals surface area contributed by atoms with Crippen LogP contribution < -0.4 is 5.73 Å². The number of aryl methyl sites for hydroxylation is 1. The molecule has 0 saturated heterocycles. The van der Waals surface area contributed by atoms with Gasteiger partial charge in [-0.05, 0) is 37.1 Å². The molecule has 0 fully saturated rings. The summed E-state index contributed by atoms with van der Waals surface area (Å²) in [6, 6.07) is 12.2. The molecule has 112 valence electrons. The average Bonchev–Trinajstić information content (AvgIpc) is 2.92. The topological polar surface area (TPSA) is 46.3 Å². The highest BCUT2D eigenvalue weighted by Crippen LogP contribution is 2.26. The number of nitrogens with zero attached hydrogens (tertiary/aromatic N) is 1. The number of thiophene rings is 1. The van der Waals surface area contributed by atoms with Gasteiger partial charge in [-0.15, -0.1) is 11.3 Å². The average molecular weight is 302 g/mol. The van der Waals surface area contributed by atoms with Crippen molar-refractivity contribution in [2.75, 3.05) is 7.05 Å². The Hall–Kier alpha value is -1.65. The molecule has 1 unspecified atom stereocenters. The monoisotopic (exact) mass is 302 g/mol. The van der Waals surface area contributed by atoms with E-state index in [9.17, 15) is 4.79 Å². The first kappa shape index (κ1) is 15.7. The van der Waals surface area contributed by atoms with Gasteiger partial charge < -0.3 is 10.6 Å². The summed E-state index contributed by atoms with van der Waals surface area (Å²) in [5, 5.41) is 0. The largest absolute Gasteiger partial charge is 0.338 e. The molecule has 0 aliphatic rings. The highest BCUT2D eigenvalue weighted by atomic mass is 32.1. The van der Waals surface area contributed by atoms with Crippen LogP contribution in [-0.4, -0.2) is 17.9 Å². The third-order valence-corrected chi connectivity index (χ3v) is 5.00. The molecule has 3 nitrogen and oxygen atoms in total. The maximum atomic E-state index is 12.5. The first-order chi connectivity index (χ1) is 10.0. The van der Waals surface area contributed by atoms with Gasteiger partial charge in [0.1, 0.15) is 0 Å². The zero-order chi connectivity index (χ0) is 15.4. The summed E-state index contributed by atoms with van der Waals surface area (Å²) in [4.78, 5) is 16.8. The van der Waals surface area contributed by atoms with Crippen LogP contribution >= 0.6 is 11.3 Å². The van der Waals surface area contributed by atoms with Gasteiger partial charge in [0.25, 0.3) is 0 Å². The second kappa shape index (κ2) is 6.87. The number of hydrogen-bond acceptors (Lipinski definition) is 3. The van der Waals surface area contributed by atoms with Gasteiger partial charge in [-0.25, -0.2) is 0 Å². The molecule has 4 heteroatoms. The lowest BCUT2D eigenvalue weighted by Gasteiger charge is -2.24. The van der Waals surface area contributed by atoms with Gasteiger partial charge in [0.15, 0.2) is 0 Å². The number of amides is 1. The lowest BCUT2D eigenvalue weighted by atomic mass is 10.0. The smallest absolute Gasteiger partial charge is 0.227 e. The van der Waals surface area contributed by atoms with E-state index in [2.05, 4.69) is 26.0 Å². The SMILES string of the molecule is Cc1ccc(C(C)N(C)C(=O)Cc2ccccc2CN)s1. The number of hydrogen-bond donors (Lipinski definition) is 1. The molecule has 1 heterocycles. The van der Waals surface area contributed by atoms with E-state index < -0.39 is 0 Å². The molecular weight excluding hydrogens is 280 g/mol. The van der Waals surface area contributed by atoms with Crippen LogP contribution in [0.1, 0.15) is 33.8 Å². The summed E-state index contributed by atoms with van der Waals surface area (Å²) in [5.74, 6) is 0.120. The highest BCUT2D eigenvalue weighted by molar-refractivity contribution is 7.12. The van der Waals surface area contributed by atoms with Crippen molar-refractivity contribution in [3.63, 3.8) is 0 Å². The Morgan fingerprint density at radius 1 is 1.24 bits per heavy atom. The van der Waals surface area contributed by atoms with E-state index in [0.717, 1.165) is 11.1 Å². The Balaban J connectivity index is 2.09. The predicted octanol–water partition coefficient (Wildman–Crippen LogP) is 3.28. The van der Waals surface area contributed by atoms with E-state index in [-0.39, 0.29) is 11.9 Å². The zero-order valence-electron chi connectivity index (χ0n) is 12.8. The molecule has 0 aliphatic heterocycles. The van der Waals surface area contributed by atoms with E-state index in [0.29, 0.717) is 13.0 Å². The van der Waals surface area contributed by atoms with Crippen molar-refractivity contribution in [2.24, 2.45) is 5.73 Å². The Labute approximate surface area is 130 Å². The number of likely N-dealkylation sites (N-methyl/N-ethyl adjacent to an activating group) is 1. The normalized spacial score (nSPS) is 12.2. The molecule has 2 N–H and O–H groups in total. The summed E-state index contributed by atoms with van der Waals surface area (Å²) in [6.45, 7) is 4.62. The van der Waals surface area contributed by atoms with Crippen molar-refractivity contribution in [3.05, 3.63) is 57.3 Å². The van der Waals surface area contributed by atoms with Gasteiger partial charge >= 0.3 is 0 Å². The Morgan fingerprint density at radius 3 is 2.48 bits per heavy atom. The maximum Gasteiger partial charge on any atom is 0.227 e. The van der Waals surface area contributed by atoms with E-state index in [1.165, 1.54) is 9.75 Å². The van der Waals surface area contributed by atoms with Crippen LogP contribution in [0.3, 0.4) is 0 Å². The fourth-order valence-corrected chi connectivity index (χ4v) is 3.27. The molecule has 1 amide bonds. The molecule has 0 aliphatic carbocycles. The molecule has 2 rings (SSSR count). The van der Waals surface area contributed by atoms with Gasteiger partial charge in [-0.3, -0.25) is 4.79 Å². The highest BCUT2D eigenvalue weighted by Gasteiger charge is 2.19.